The molecule has 8 heteroatoms. The van der Waals surface area contributed by atoms with E-state index in [9.17, 15) is 13.2 Å². The second-order valence-corrected chi connectivity index (χ2v) is 10.5. The average molecular weight is 436 g/mol. The number of rotatable bonds is 5. The van der Waals surface area contributed by atoms with Crippen LogP contribution in [-0.2, 0) is 38.9 Å². The van der Waals surface area contributed by atoms with Gasteiger partial charge in [0.25, 0.3) is 0 Å². The average Bonchev–Trinajstić information content (AvgIpc) is 3.16. The fourth-order valence-corrected chi connectivity index (χ4v) is 6.52. The molecule has 2 heterocycles. The molecule has 156 valence electrons. The van der Waals surface area contributed by atoms with Crippen molar-refractivity contribution in [2.75, 3.05) is 26.3 Å². The zero-order chi connectivity index (χ0) is 20.4. The number of nitrogens with zero attached hydrogens (tertiary/aromatic N) is 1. The van der Waals surface area contributed by atoms with Gasteiger partial charge in [-0.05, 0) is 48.4 Å². The van der Waals surface area contributed by atoms with E-state index in [1.54, 1.807) is 35.6 Å². The molecule has 1 fully saturated rings. The van der Waals surface area contributed by atoms with Gasteiger partial charge in [-0.3, -0.25) is 0 Å². The number of fused-ring (bicyclic) bond motifs is 1. The minimum absolute atomic E-state index is 0.0479. The Morgan fingerprint density at radius 2 is 2.10 bits per heavy atom. The SMILES string of the molecule is C[C@@H]1CCc2c(C(=O)OCc3cccc(S(=O)(=O)N4CCOCC4)c3)csc2C1. The van der Waals surface area contributed by atoms with Gasteiger partial charge in [-0.2, -0.15) is 4.31 Å². The van der Waals surface area contributed by atoms with Gasteiger partial charge in [-0.1, -0.05) is 19.1 Å². The number of hydrogen-bond donors (Lipinski definition) is 0. The van der Waals surface area contributed by atoms with Crippen LogP contribution in [0.1, 0.15) is 39.7 Å². The Bertz CT molecular complexity index is 992. The second kappa shape index (κ2) is 8.55. The van der Waals surface area contributed by atoms with Gasteiger partial charge in [0.15, 0.2) is 0 Å². The van der Waals surface area contributed by atoms with Gasteiger partial charge < -0.3 is 9.47 Å². The Labute approximate surface area is 175 Å². The molecule has 1 aliphatic heterocycles. The Balaban J connectivity index is 1.44. The van der Waals surface area contributed by atoms with Crippen LogP contribution in [-0.4, -0.2) is 45.0 Å². The normalized spacial score (nSPS) is 20.2. The van der Waals surface area contributed by atoms with Crippen molar-refractivity contribution in [2.24, 2.45) is 5.92 Å². The molecule has 1 aromatic carbocycles. The molecule has 6 nitrogen and oxygen atoms in total. The third-order valence-corrected chi connectivity index (χ3v) is 8.44. The van der Waals surface area contributed by atoms with Crippen LogP contribution < -0.4 is 0 Å². The molecule has 0 N–H and O–H groups in total. The summed E-state index contributed by atoms with van der Waals surface area (Å²) in [6.45, 7) is 3.79. The minimum Gasteiger partial charge on any atom is -0.457 e. The summed E-state index contributed by atoms with van der Waals surface area (Å²) in [5.74, 6) is 0.319. The summed E-state index contributed by atoms with van der Waals surface area (Å²) in [6.07, 6.45) is 3.03. The quantitative estimate of drug-likeness (QED) is 0.674. The molecule has 1 atom stereocenters. The monoisotopic (exact) mass is 435 g/mol. The van der Waals surface area contributed by atoms with Crippen LogP contribution in [0.3, 0.4) is 0 Å². The molecule has 0 spiro atoms. The number of hydrogen-bond acceptors (Lipinski definition) is 6. The second-order valence-electron chi connectivity index (χ2n) is 7.64. The molecule has 1 aliphatic carbocycles. The van der Waals surface area contributed by atoms with E-state index >= 15 is 0 Å². The van der Waals surface area contributed by atoms with Crippen molar-refractivity contribution in [3.8, 4) is 0 Å². The van der Waals surface area contributed by atoms with E-state index in [-0.39, 0.29) is 17.5 Å². The van der Waals surface area contributed by atoms with Gasteiger partial charge in [0.05, 0.1) is 23.7 Å². The van der Waals surface area contributed by atoms with E-state index in [0.29, 0.717) is 43.3 Å². The summed E-state index contributed by atoms with van der Waals surface area (Å²) in [7, 11) is -3.57. The number of sulfonamides is 1. The third kappa shape index (κ3) is 4.40. The first kappa shape index (κ1) is 20.5. The highest BCUT2D eigenvalue weighted by Gasteiger charge is 2.27. The van der Waals surface area contributed by atoms with Gasteiger partial charge >= 0.3 is 5.97 Å². The van der Waals surface area contributed by atoms with E-state index in [1.807, 2.05) is 5.38 Å². The number of carbonyl (C=O) groups excluding carboxylic acids is 1. The molecule has 1 aromatic heterocycles. The lowest BCUT2D eigenvalue weighted by Crippen LogP contribution is -2.40. The van der Waals surface area contributed by atoms with E-state index < -0.39 is 10.0 Å². The van der Waals surface area contributed by atoms with Crippen molar-refractivity contribution in [3.05, 3.63) is 51.2 Å². The van der Waals surface area contributed by atoms with Crippen molar-refractivity contribution in [1.82, 2.24) is 4.31 Å². The summed E-state index contributed by atoms with van der Waals surface area (Å²) >= 11 is 1.63. The molecular formula is C21H25NO5S2. The molecule has 0 unspecified atom stereocenters. The van der Waals surface area contributed by atoms with Gasteiger partial charge in [-0.25, -0.2) is 13.2 Å². The maximum Gasteiger partial charge on any atom is 0.339 e. The topological polar surface area (TPSA) is 72.9 Å². The van der Waals surface area contributed by atoms with Crippen LogP contribution in [0.4, 0.5) is 0 Å². The van der Waals surface area contributed by atoms with Crippen molar-refractivity contribution in [2.45, 2.75) is 37.7 Å². The number of esters is 1. The van der Waals surface area contributed by atoms with Gasteiger partial charge in [0, 0.05) is 23.3 Å². The van der Waals surface area contributed by atoms with Gasteiger partial charge in [0.1, 0.15) is 6.61 Å². The van der Waals surface area contributed by atoms with E-state index in [2.05, 4.69) is 6.92 Å². The van der Waals surface area contributed by atoms with E-state index in [4.69, 9.17) is 9.47 Å². The van der Waals surface area contributed by atoms with Crippen LogP contribution >= 0.6 is 11.3 Å². The van der Waals surface area contributed by atoms with Crippen molar-refractivity contribution in [1.29, 1.82) is 0 Å². The molecule has 0 saturated carbocycles. The largest absolute Gasteiger partial charge is 0.457 e. The Morgan fingerprint density at radius 1 is 1.31 bits per heavy atom. The minimum atomic E-state index is -3.57. The highest BCUT2D eigenvalue weighted by atomic mass is 32.2. The van der Waals surface area contributed by atoms with Gasteiger partial charge in [-0.15, -0.1) is 11.3 Å². The summed E-state index contributed by atoms with van der Waals surface area (Å²) in [5.41, 5.74) is 2.45. The lowest BCUT2D eigenvalue weighted by molar-refractivity contribution is 0.0471. The fraction of sp³-hybridized carbons (Fsp3) is 0.476. The van der Waals surface area contributed by atoms with Crippen LogP contribution in [0.5, 0.6) is 0 Å². The molecule has 0 bridgehead atoms. The third-order valence-electron chi connectivity index (χ3n) is 5.50. The fourth-order valence-electron chi connectivity index (χ4n) is 3.81. The highest BCUT2D eigenvalue weighted by Crippen LogP contribution is 2.33. The van der Waals surface area contributed by atoms with Crippen LogP contribution in [0.15, 0.2) is 34.5 Å². The molecule has 0 amide bonds. The summed E-state index contributed by atoms with van der Waals surface area (Å²) in [5, 5.41) is 1.89. The number of carbonyl (C=O) groups is 1. The molecule has 2 aliphatic rings. The van der Waals surface area contributed by atoms with Crippen molar-refractivity contribution < 1.29 is 22.7 Å². The lowest BCUT2D eigenvalue weighted by atomic mass is 9.88. The summed E-state index contributed by atoms with van der Waals surface area (Å²) < 4.78 is 37.8. The van der Waals surface area contributed by atoms with Crippen LogP contribution in [0.2, 0.25) is 0 Å². The lowest BCUT2D eigenvalue weighted by Gasteiger charge is -2.26. The summed E-state index contributed by atoms with van der Waals surface area (Å²) in [6, 6.07) is 6.62. The van der Waals surface area contributed by atoms with E-state index in [0.717, 1.165) is 24.8 Å². The predicted molar refractivity (Wildman–Crippen MR) is 111 cm³/mol. The molecule has 29 heavy (non-hydrogen) atoms. The Morgan fingerprint density at radius 3 is 2.90 bits per heavy atom. The Kier molecular flexibility index (Phi) is 6.06. The number of thiophene rings is 1. The number of morpholine rings is 1. The predicted octanol–water partition coefficient (Wildman–Crippen LogP) is 3.25. The number of ether oxygens (including phenoxy) is 2. The molecule has 0 radical (unpaired) electrons. The van der Waals surface area contributed by atoms with Crippen molar-refractivity contribution in [3.63, 3.8) is 0 Å². The van der Waals surface area contributed by atoms with Gasteiger partial charge in [0.2, 0.25) is 10.0 Å². The summed E-state index contributed by atoms with van der Waals surface area (Å²) in [4.78, 5) is 14.1. The zero-order valence-corrected chi connectivity index (χ0v) is 18.1. The smallest absolute Gasteiger partial charge is 0.339 e. The first-order valence-corrected chi connectivity index (χ1v) is 12.2. The maximum absolute atomic E-state index is 12.8. The molecule has 2 aromatic rings. The highest BCUT2D eigenvalue weighted by molar-refractivity contribution is 7.89. The first-order valence-electron chi connectivity index (χ1n) is 9.88. The maximum atomic E-state index is 12.8. The standard InChI is InChI=1S/C21H25NO5S2/c1-15-5-6-18-19(14-28-20(18)11-15)21(23)27-13-16-3-2-4-17(12-16)29(24,25)22-7-9-26-10-8-22/h2-4,12,14-15H,5-11,13H2,1H3/t15-/m1/s1. The zero-order valence-electron chi connectivity index (χ0n) is 16.4. The molecule has 1 saturated heterocycles. The Hall–Kier alpha value is -1.74. The molecular weight excluding hydrogens is 410 g/mol. The van der Waals surface area contributed by atoms with Crippen LogP contribution in [0, 0.1) is 5.92 Å². The van der Waals surface area contributed by atoms with E-state index in [1.165, 1.54) is 9.18 Å². The van der Waals surface area contributed by atoms with Crippen molar-refractivity contribution >= 4 is 27.3 Å². The first-order chi connectivity index (χ1) is 13.9. The number of benzene rings is 1. The van der Waals surface area contributed by atoms with Crippen LogP contribution in [0.25, 0.3) is 0 Å². The molecule has 4 rings (SSSR count).